The smallest absolute Gasteiger partial charge is 0.262 e. The molecular weight excluding hydrogens is 445 g/mol. The van der Waals surface area contributed by atoms with Gasteiger partial charge in [-0.05, 0) is 80.1 Å². The molecular formula is C24H22FN3O4S. The van der Waals surface area contributed by atoms with Crippen LogP contribution in [0.5, 0.6) is 5.75 Å². The summed E-state index contributed by atoms with van der Waals surface area (Å²) in [5.41, 5.74) is 4.03. The van der Waals surface area contributed by atoms with Crippen molar-refractivity contribution < 1.29 is 22.3 Å². The standard InChI is InChI=1S/C24H22FN3O4S/c1-14-15(2)26-21-10-4-16(12-20(14)21)24(29)27-18-7-11-23(32-3)22(13-18)28-33(30,31)19-8-5-17(25)6-9-19/h4-13,26,28H,1-3H3,(H,27,29). The number of carbonyl (C=O) groups is 1. The number of fused-ring (bicyclic) bond motifs is 1. The van der Waals surface area contributed by atoms with Crippen LogP contribution in [0, 0.1) is 19.7 Å². The number of methoxy groups -OCH3 is 1. The van der Waals surface area contributed by atoms with Crippen LogP contribution in [-0.4, -0.2) is 26.4 Å². The third-order valence-electron chi connectivity index (χ3n) is 5.40. The Kier molecular flexibility index (Phi) is 5.82. The second kappa shape index (κ2) is 8.59. The number of amides is 1. The SMILES string of the molecule is COc1ccc(NC(=O)c2ccc3[nH]c(C)c(C)c3c2)cc1NS(=O)(=O)c1ccc(F)cc1. The fraction of sp³-hybridized carbons (Fsp3) is 0.125. The van der Waals surface area contributed by atoms with Gasteiger partial charge in [-0.1, -0.05) is 0 Å². The van der Waals surface area contributed by atoms with E-state index in [0.717, 1.165) is 46.4 Å². The summed E-state index contributed by atoms with van der Waals surface area (Å²) < 4.78 is 46.3. The molecule has 0 saturated carbocycles. The first-order chi connectivity index (χ1) is 15.7. The molecule has 9 heteroatoms. The van der Waals surface area contributed by atoms with Gasteiger partial charge in [0.05, 0.1) is 17.7 Å². The highest BCUT2D eigenvalue weighted by atomic mass is 32.2. The number of aromatic amines is 1. The van der Waals surface area contributed by atoms with Crippen LogP contribution < -0.4 is 14.8 Å². The Morgan fingerprint density at radius 1 is 1.00 bits per heavy atom. The topological polar surface area (TPSA) is 100 Å². The number of ether oxygens (including phenoxy) is 1. The van der Waals surface area contributed by atoms with E-state index in [-0.39, 0.29) is 22.2 Å². The first-order valence-electron chi connectivity index (χ1n) is 10.0. The van der Waals surface area contributed by atoms with E-state index in [1.807, 2.05) is 26.0 Å². The fourth-order valence-corrected chi connectivity index (χ4v) is 4.55. The van der Waals surface area contributed by atoms with Gasteiger partial charge in [0.2, 0.25) is 0 Å². The number of sulfonamides is 1. The van der Waals surface area contributed by atoms with E-state index in [1.54, 1.807) is 18.2 Å². The highest BCUT2D eigenvalue weighted by Crippen LogP contribution is 2.30. The highest BCUT2D eigenvalue weighted by molar-refractivity contribution is 7.92. The molecule has 1 aromatic heterocycles. The molecule has 3 N–H and O–H groups in total. The lowest BCUT2D eigenvalue weighted by atomic mass is 10.1. The Bertz CT molecular complexity index is 1460. The fourth-order valence-electron chi connectivity index (χ4n) is 3.49. The lowest BCUT2D eigenvalue weighted by Crippen LogP contribution is -2.15. The van der Waals surface area contributed by atoms with Crippen LogP contribution >= 0.6 is 0 Å². The van der Waals surface area contributed by atoms with Crippen LogP contribution in [0.3, 0.4) is 0 Å². The van der Waals surface area contributed by atoms with Gasteiger partial charge in [-0.3, -0.25) is 9.52 Å². The van der Waals surface area contributed by atoms with Crippen LogP contribution in [-0.2, 0) is 10.0 Å². The largest absolute Gasteiger partial charge is 0.495 e. The maximum atomic E-state index is 13.2. The van der Waals surface area contributed by atoms with E-state index in [2.05, 4.69) is 15.0 Å². The van der Waals surface area contributed by atoms with Crippen LogP contribution in [0.2, 0.25) is 0 Å². The van der Waals surface area contributed by atoms with E-state index in [0.29, 0.717) is 11.3 Å². The summed E-state index contributed by atoms with van der Waals surface area (Å²) in [7, 11) is -2.60. The number of carbonyl (C=O) groups excluding carboxylic acids is 1. The third-order valence-corrected chi connectivity index (χ3v) is 6.78. The summed E-state index contributed by atoms with van der Waals surface area (Å²) in [5, 5.41) is 3.75. The van der Waals surface area contributed by atoms with Crippen molar-refractivity contribution in [1.29, 1.82) is 0 Å². The van der Waals surface area contributed by atoms with Gasteiger partial charge in [0.25, 0.3) is 15.9 Å². The number of halogens is 1. The van der Waals surface area contributed by atoms with Gasteiger partial charge >= 0.3 is 0 Å². The van der Waals surface area contributed by atoms with Gasteiger partial charge in [-0.15, -0.1) is 0 Å². The van der Waals surface area contributed by atoms with Gasteiger partial charge in [-0.25, -0.2) is 12.8 Å². The number of H-pyrrole nitrogens is 1. The summed E-state index contributed by atoms with van der Waals surface area (Å²) in [4.78, 5) is 16.0. The van der Waals surface area contributed by atoms with Gasteiger partial charge in [-0.2, -0.15) is 0 Å². The number of hydrogen-bond donors (Lipinski definition) is 3. The first-order valence-corrected chi connectivity index (χ1v) is 11.5. The molecule has 0 unspecified atom stereocenters. The molecule has 0 aliphatic rings. The monoisotopic (exact) mass is 467 g/mol. The number of anilines is 2. The zero-order valence-electron chi connectivity index (χ0n) is 18.2. The van der Waals surface area contributed by atoms with Crippen molar-refractivity contribution in [2.75, 3.05) is 17.1 Å². The zero-order chi connectivity index (χ0) is 23.8. The van der Waals surface area contributed by atoms with Gasteiger partial charge < -0.3 is 15.0 Å². The van der Waals surface area contributed by atoms with Crippen LogP contribution in [0.15, 0.2) is 65.6 Å². The number of hydrogen-bond acceptors (Lipinski definition) is 4. The number of aryl methyl sites for hydroxylation is 2. The minimum absolute atomic E-state index is 0.106. The normalized spacial score (nSPS) is 11.4. The minimum atomic E-state index is -4.00. The second-order valence-corrected chi connectivity index (χ2v) is 9.25. The van der Waals surface area contributed by atoms with Crippen LogP contribution in [0.25, 0.3) is 10.9 Å². The van der Waals surface area contributed by atoms with E-state index >= 15 is 0 Å². The number of nitrogens with one attached hydrogen (secondary N) is 3. The van der Waals surface area contributed by atoms with Crippen LogP contribution in [0.1, 0.15) is 21.6 Å². The molecule has 0 atom stereocenters. The van der Waals surface area contributed by atoms with Crippen molar-refractivity contribution in [2.45, 2.75) is 18.7 Å². The minimum Gasteiger partial charge on any atom is -0.495 e. The predicted molar refractivity (Wildman–Crippen MR) is 126 cm³/mol. The molecule has 0 bridgehead atoms. The van der Waals surface area contributed by atoms with Crippen molar-refractivity contribution >= 4 is 38.2 Å². The summed E-state index contributed by atoms with van der Waals surface area (Å²) in [6.45, 7) is 3.96. The first kappa shape index (κ1) is 22.3. The van der Waals surface area contributed by atoms with Crippen molar-refractivity contribution in [3.05, 3.63) is 83.3 Å². The summed E-state index contributed by atoms with van der Waals surface area (Å²) in [6.07, 6.45) is 0. The predicted octanol–water partition coefficient (Wildman–Crippen LogP) is 4.99. The van der Waals surface area contributed by atoms with Crippen molar-refractivity contribution in [2.24, 2.45) is 0 Å². The molecule has 1 heterocycles. The molecule has 4 rings (SSSR count). The molecule has 0 aliphatic carbocycles. The number of aromatic nitrogens is 1. The van der Waals surface area contributed by atoms with Crippen LogP contribution in [0.4, 0.5) is 15.8 Å². The second-order valence-electron chi connectivity index (χ2n) is 7.56. The van der Waals surface area contributed by atoms with Gasteiger partial charge in [0.15, 0.2) is 0 Å². The quantitative estimate of drug-likeness (QED) is 0.372. The van der Waals surface area contributed by atoms with E-state index < -0.39 is 15.8 Å². The molecule has 33 heavy (non-hydrogen) atoms. The molecule has 7 nitrogen and oxygen atoms in total. The molecule has 0 aliphatic heterocycles. The third kappa shape index (κ3) is 4.54. The van der Waals surface area contributed by atoms with E-state index in [9.17, 15) is 17.6 Å². The Balaban J connectivity index is 1.60. The summed E-state index contributed by atoms with van der Waals surface area (Å²) in [5.74, 6) is -0.620. The molecule has 0 spiro atoms. The number of rotatable bonds is 6. The van der Waals surface area contributed by atoms with E-state index in [4.69, 9.17) is 4.74 Å². The molecule has 3 aromatic carbocycles. The average molecular weight is 468 g/mol. The molecule has 0 radical (unpaired) electrons. The average Bonchev–Trinajstić information content (AvgIpc) is 3.07. The summed E-state index contributed by atoms with van der Waals surface area (Å²) >= 11 is 0. The van der Waals surface area contributed by atoms with Crippen molar-refractivity contribution in [3.63, 3.8) is 0 Å². The lowest BCUT2D eigenvalue weighted by molar-refractivity contribution is 0.102. The van der Waals surface area contributed by atoms with E-state index in [1.165, 1.54) is 13.2 Å². The molecule has 0 saturated heterocycles. The lowest BCUT2D eigenvalue weighted by Gasteiger charge is -2.14. The van der Waals surface area contributed by atoms with Gasteiger partial charge in [0.1, 0.15) is 11.6 Å². The van der Waals surface area contributed by atoms with Crippen molar-refractivity contribution in [1.82, 2.24) is 4.98 Å². The zero-order valence-corrected chi connectivity index (χ0v) is 19.0. The molecule has 170 valence electrons. The molecule has 0 fully saturated rings. The Morgan fingerprint density at radius 2 is 1.73 bits per heavy atom. The Morgan fingerprint density at radius 3 is 2.42 bits per heavy atom. The molecule has 1 amide bonds. The number of benzene rings is 3. The maximum Gasteiger partial charge on any atom is 0.262 e. The van der Waals surface area contributed by atoms with Gasteiger partial charge in [0, 0.05) is 27.8 Å². The highest BCUT2D eigenvalue weighted by Gasteiger charge is 2.18. The van der Waals surface area contributed by atoms with Crippen molar-refractivity contribution in [3.8, 4) is 5.75 Å². The Hall–Kier alpha value is -3.85. The summed E-state index contributed by atoms with van der Waals surface area (Å²) in [6, 6.07) is 14.4. The Labute approximate surface area is 190 Å². The maximum absolute atomic E-state index is 13.2. The molecule has 4 aromatic rings.